The quantitative estimate of drug-likeness (QED) is 0.497. The first-order valence-corrected chi connectivity index (χ1v) is 11.1. The van der Waals surface area contributed by atoms with Crippen LogP contribution in [0.15, 0.2) is 59.7 Å². The highest BCUT2D eigenvalue weighted by Gasteiger charge is 2.35. The monoisotopic (exact) mass is 412 g/mol. The molecule has 0 radical (unpaired) electrons. The van der Waals surface area contributed by atoms with Crippen LogP contribution in [0.2, 0.25) is 0 Å². The molecule has 1 atom stereocenters. The van der Waals surface area contributed by atoms with Crippen molar-refractivity contribution in [3.8, 4) is 0 Å². The van der Waals surface area contributed by atoms with Crippen molar-refractivity contribution in [1.82, 2.24) is 14.9 Å². The number of nitrogens with one attached hydrogen (secondary N) is 1. The molecule has 1 aliphatic heterocycles. The maximum atomic E-state index is 12.5. The number of aryl methyl sites for hydroxylation is 2. The number of allylic oxidation sites excluding steroid dienone is 1. The Hall–Kier alpha value is -3.18. The summed E-state index contributed by atoms with van der Waals surface area (Å²) in [5, 5.41) is 5.48. The van der Waals surface area contributed by atoms with Gasteiger partial charge in [-0.3, -0.25) is 9.69 Å². The third kappa shape index (κ3) is 3.93. The number of nitrogens with zero attached hydrogens (tertiary/aromatic N) is 3. The second-order valence-electron chi connectivity index (χ2n) is 8.50. The van der Waals surface area contributed by atoms with Crippen LogP contribution in [0.5, 0.6) is 0 Å². The van der Waals surface area contributed by atoms with Crippen LogP contribution in [0.25, 0.3) is 17.0 Å². The normalized spacial score (nSPS) is 18.7. The Kier molecular flexibility index (Phi) is 5.43. The zero-order chi connectivity index (χ0) is 21.2. The Bertz CT molecular complexity index is 1160. The summed E-state index contributed by atoms with van der Waals surface area (Å²) in [4.78, 5) is 14.9. The molecule has 1 aliphatic carbocycles. The summed E-state index contributed by atoms with van der Waals surface area (Å²) in [5.41, 5.74) is 9.36. The van der Waals surface area contributed by atoms with Crippen LogP contribution in [-0.2, 0) is 17.8 Å². The molecule has 1 aromatic heterocycles. The van der Waals surface area contributed by atoms with Crippen molar-refractivity contribution in [1.29, 1.82) is 0 Å². The summed E-state index contributed by atoms with van der Waals surface area (Å²) >= 11 is 0. The Morgan fingerprint density at radius 2 is 2.06 bits per heavy atom. The van der Waals surface area contributed by atoms with Gasteiger partial charge in [-0.05, 0) is 55.5 Å². The van der Waals surface area contributed by atoms with E-state index in [2.05, 4.69) is 45.1 Å². The van der Waals surface area contributed by atoms with Gasteiger partial charge in [0.1, 0.15) is 0 Å². The molecule has 0 saturated carbocycles. The minimum atomic E-state index is -0.0584. The third-order valence-corrected chi connectivity index (χ3v) is 6.42. The summed E-state index contributed by atoms with van der Waals surface area (Å²) in [6.07, 6.45) is 8.84. The maximum Gasteiger partial charge on any atom is 0.254 e. The van der Waals surface area contributed by atoms with Crippen LogP contribution in [-0.4, -0.2) is 34.7 Å². The molecule has 5 nitrogen and oxygen atoms in total. The minimum Gasteiger partial charge on any atom is -0.342 e. The topological polar surface area (TPSA) is 49.6 Å². The van der Waals surface area contributed by atoms with Crippen LogP contribution in [0.3, 0.4) is 0 Å². The zero-order valence-corrected chi connectivity index (χ0v) is 17.9. The fraction of sp³-hybridized carbons (Fsp3) is 0.308. The molecule has 0 fully saturated rings. The van der Waals surface area contributed by atoms with Crippen molar-refractivity contribution in [2.75, 3.05) is 13.1 Å². The third-order valence-electron chi connectivity index (χ3n) is 6.42. The molecule has 1 N–H and O–H groups in total. The first kappa shape index (κ1) is 19.8. The molecule has 2 heterocycles. The van der Waals surface area contributed by atoms with Gasteiger partial charge in [0.2, 0.25) is 0 Å². The van der Waals surface area contributed by atoms with E-state index in [9.17, 15) is 4.79 Å². The van der Waals surface area contributed by atoms with Crippen molar-refractivity contribution < 1.29 is 4.79 Å². The summed E-state index contributed by atoms with van der Waals surface area (Å²) in [6, 6.07) is 17.1. The zero-order valence-electron chi connectivity index (χ0n) is 17.9. The molecule has 31 heavy (non-hydrogen) atoms. The number of aromatic nitrogens is 1. The molecular formula is C26H28N4O. The average molecular weight is 413 g/mol. The standard InChI is InChI=1S/C26H28N4O/c1-19-12-13-23-22(17-19)21-10-5-11-24-26(21)30(23)16-15-29(24)18-25(31)28-27-14-6-9-20-7-3-2-4-8-20/h2-4,6-9,12-14,17,24H,5,10-11,15-16,18H2,1H3,(H,28,31)/t24-/m0/s1. The molecule has 3 aromatic rings. The first-order valence-electron chi connectivity index (χ1n) is 11.1. The predicted molar refractivity (Wildman–Crippen MR) is 126 cm³/mol. The fourth-order valence-corrected chi connectivity index (χ4v) is 5.07. The number of hydrogen-bond acceptors (Lipinski definition) is 3. The van der Waals surface area contributed by atoms with Crippen LogP contribution in [0, 0.1) is 6.92 Å². The number of benzene rings is 2. The number of carbonyl (C=O) groups is 1. The summed E-state index contributed by atoms with van der Waals surface area (Å²) < 4.78 is 2.49. The Labute approximate surface area is 183 Å². The summed E-state index contributed by atoms with van der Waals surface area (Å²) in [5.74, 6) is -0.0584. The molecule has 1 amide bonds. The van der Waals surface area contributed by atoms with Crippen molar-refractivity contribution in [3.05, 3.63) is 77.0 Å². The van der Waals surface area contributed by atoms with Crippen LogP contribution >= 0.6 is 0 Å². The minimum absolute atomic E-state index is 0.0584. The van der Waals surface area contributed by atoms with Gasteiger partial charge in [-0.25, -0.2) is 5.43 Å². The van der Waals surface area contributed by atoms with Gasteiger partial charge >= 0.3 is 0 Å². The van der Waals surface area contributed by atoms with Gasteiger partial charge in [0, 0.05) is 35.9 Å². The fourth-order valence-electron chi connectivity index (χ4n) is 5.07. The molecule has 158 valence electrons. The number of carbonyl (C=O) groups excluding carboxylic acids is 1. The number of rotatable bonds is 5. The number of amides is 1. The van der Waals surface area contributed by atoms with E-state index >= 15 is 0 Å². The van der Waals surface area contributed by atoms with E-state index in [0.29, 0.717) is 12.6 Å². The lowest BCUT2D eigenvalue weighted by atomic mass is 9.89. The Morgan fingerprint density at radius 1 is 1.19 bits per heavy atom. The second-order valence-corrected chi connectivity index (χ2v) is 8.50. The van der Waals surface area contributed by atoms with E-state index in [-0.39, 0.29) is 5.91 Å². The molecule has 0 bridgehead atoms. The molecule has 0 spiro atoms. The van der Waals surface area contributed by atoms with E-state index in [4.69, 9.17) is 0 Å². The highest BCUT2D eigenvalue weighted by atomic mass is 16.2. The van der Waals surface area contributed by atoms with E-state index in [1.54, 1.807) is 6.21 Å². The molecule has 0 unspecified atom stereocenters. The summed E-state index contributed by atoms with van der Waals surface area (Å²) in [7, 11) is 0. The van der Waals surface area contributed by atoms with Gasteiger partial charge in [-0.1, -0.05) is 48.0 Å². The van der Waals surface area contributed by atoms with Crippen molar-refractivity contribution in [2.45, 2.75) is 38.8 Å². The highest BCUT2D eigenvalue weighted by Crippen LogP contribution is 2.42. The molecule has 0 saturated heterocycles. The molecule has 5 rings (SSSR count). The van der Waals surface area contributed by atoms with Gasteiger partial charge in [-0.15, -0.1) is 0 Å². The van der Waals surface area contributed by atoms with E-state index in [1.807, 2.05) is 42.5 Å². The number of fused-ring (bicyclic) bond motifs is 3. The van der Waals surface area contributed by atoms with Gasteiger partial charge in [-0.2, -0.15) is 5.10 Å². The van der Waals surface area contributed by atoms with Crippen molar-refractivity contribution in [3.63, 3.8) is 0 Å². The van der Waals surface area contributed by atoms with Gasteiger partial charge in [0.15, 0.2) is 0 Å². The molecular weight excluding hydrogens is 384 g/mol. The SMILES string of the molecule is Cc1ccc2c(c1)c1c3n2CCN(CC(=O)NN=CC=Cc2ccccc2)[C@H]3CCC1. The smallest absolute Gasteiger partial charge is 0.254 e. The second kappa shape index (κ2) is 8.52. The van der Waals surface area contributed by atoms with Crippen LogP contribution < -0.4 is 5.43 Å². The number of hydrogen-bond donors (Lipinski definition) is 1. The van der Waals surface area contributed by atoms with Gasteiger partial charge < -0.3 is 4.57 Å². The maximum absolute atomic E-state index is 12.5. The molecule has 5 heteroatoms. The number of hydrazone groups is 1. The largest absolute Gasteiger partial charge is 0.342 e. The van der Waals surface area contributed by atoms with Crippen LogP contribution in [0.1, 0.15) is 41.3 Å². The first-order chi connectivity index (χ1) is 15.2. The van der Waals surface area contributed by atoms with E-state index in [1.165, 1.54) is 34.1 Å². The predicted octanol–water partition coefficient (Wildman–Crippen LogP) is 4.46. The molecule has 2 aromatic carbocycles. The van der Waals surface area contributed by atoms with Crippen molar-refractivity contribution in [2.24, 2.45) is 5.10 Å². The lowest BCUT2D eigenvalue weighted by Gasteiger charge is -2.39. The summed E-state index contributed by atoms with van der Waals surface area (Å²) in [6.45, 7) is 4.36. The van der Waals surface area contributed by atoms with E-state index in [0.717, 1.165) is 31.5 Å². The molecule has 2 aliphatic rings. The Balaban J connectivity index is 1.26. The average Bonchev–Trinajstić information content (AvgIpc) is 3.10. The van der Waals surface area contributed by atoms with Gasteiger partial charge in [0.05, 0.1) is 12.6 Å². The highest BCUT2D eigenvalue weighted by molar-refractivity contribution is 5.87. The van der Waals surface area contributed by atoms with E-state index < -0.39 is 0 Å². The lowest BCUT2D eigenvalue weighted by molar-refractivity contribution is -0.123. The van der Waals surface area contributed by atoms with Crippen molar-refractivity contribution >= 4 is 29.1 Å². The van der Waals surface area contributed by atoms with Gasteiger partial charge in [0.25, 0.3) is 5.91 Å². The Morgan fingerprint density at radius 3 is 2.94 bits per heavy atom. The lowest BCUT2D eigenvalue weighted by Crippen LogP contribution is -2.44. The van der Waals surface area contributed by atoms with Crippen LogP contribution in [0.4, 0.5) is 0 Å².